The summed E-state index contributed by atoms with van der Waals surface area (Å²) in [6.07, 6.45) is 10.2. The number of rotatable bonds is 8. The summed E-state index contributed by atoms with van der Waals surface area (Å²) in [5.41, 5.74) is 2.52. The summed E-state index contributed by atoms with van der Waals surface area (Å²) >= 11 is 0. The highest BCUT2D eigenvalue weighted by atomic mass is 16.7. The van der Waals surface area contributed by atoms with E-state index in [0.29, 0.717) is 6.10 Å². The first-order valence-electron chi connectivity index (χ1n) is 8.69. The first kappa shape index (κ1) is 16.5. The largest absolute Gasteiger partial charge is 0.348 e. The fourth-order valence-electron chi connectivity index (χ4n) is 2.86. The first-order valence-corrected chi connectivity index (χ1v) is 8.69. The van der Waals surface area contributed by atoms with Gasteiger partial charge < -0.3 is 9.47 Å². The predicted molar refractivity (Wildman–Crippen MR) is 87.4 cm³/mol. The van der Waals surface area contributed by atoms with Gasteiger partial charge in [-0.2, -0.15) is 0 Å². The molecule has 2 nitrogen and oxygen atoms in total. The summed E-state index contributed by atoms with van der Waals surface area (Å²) in [6, 6.07) is 8.65. The van der Waals surface area contributed by atoms with E-state index in [2.05, 4.69) is 38.1 Å². The molecule has 0 N–H and O–H groups in total. The summed E-state index contributed by atoms with van der Waals surface area (Å²) in [5, 5.41) is 0. The van der Waals surface area contributed by atoms with E-state index in [9.17, 15) is 0 Å². The Hall–Kier alpha value is -0.860. The Morgan fingerprint density at radius 1 is 1.00 bits per heavy atom. The second-order valence-corrected chi connectivity index (χ2v) is 6.05. The number of hydrogen-bond donors (Lipinski definition) is 0. The van der Waals surface area contributed by atoms with Crippen LogP contribution in [0.3, 0.4) is 0 Å². The molecule has 0 amide bonds. The standard InChI is InChI=1S/C19H30O2/c1-3-5-6-7-8-9-18-14-15-20-19(21-18)17-12-10-16(4-2)11-13-17/h10-13,18-19H,3-9,14-15H2,1-2H3. The molecule has 1 aliphatic heterocycles. The van der Waals surface area contributed by atoms with Crippen molar-refractivity contribution in [1.29, 1.82) is 0 Å². The van der Waals surface area contributed by atoms with Crippen LogP contribution >= 0.6 is 0 Å². The fraction of sp³-hybridized carbons (Fsp3) is 0.684. The van der Waals surface area contributed by atoms with Gasteiger partial charge in [-0.15, -0.1) is 0 Å². The van der Waals surface area contributed by atoms with Crippen LogP contribution in [-0.2, 0) is 15.9 Å². The van der Waals surface area contributed by atoms with Crippen molar-refractivity contribution in [1.82, 2.24) is 0 Å². The van der Waals surface area contributed by atoms with Gasteiger partial charge in [-0.1, -0.05) is 70.2 Å². The average molecular weight is 290 g/mol. The van der Waals surface area contributed by atoms with Gasteiger partial charge in [0, 0.05) is 5.56 Å². The maximum atomic E-state index is 6.13. The van der Waals surface area contributed by atoms with E-state index in [1.54, 1.807) is 0 Å². The second kappa shape index (κ2) is 9.22. The van der Waals surface area contributed by atoms with Gasteiger partial charge in [-0.05, 0) is 24.8 Å². The molecule has 1 aromatic carbocycles. The van der Waals surface area contributed by atoms with Gasteiger partial charge in [0.25, 0.3) is 0 Å². The highest BCUT2D eigenvalue weighted by Crippen LogP contribution is 2.28. The molecule has 0 aliphatic carbocycles. The molecule has 1 heterocycles. The highest BCUT2D eigenvalue weighted by molar-refractivity contribution is 5.23. The van der Waals surface area contributed by atoms with Crippen LogP contribution in [0.1, 0.15) is 76.2 Å². The van der Waals surface area contributed by atoms with E-state index in [4.69, 9.17) is 9.47 Å². The average Bonchev–Trinajstić information content (AvgIpc) is 2.55. The molecule has 2 atom stereocenters. The molecule has 1 aromatic rings. The fourth-order valence-corrected chi connectivity index (χ4v) is 2.86. The van der Waals surface area contributed by atoms with Crippen molar-refractivity contribution in [3.8, 4) is 0 Å². The van der Waals surface area contributed by atoms with Gasteiger partial charge in [-0.3, -0.25) is 0 Å². The van der Waals surface area contributed by atoms with Crippen molar-refractivity contribution < 1.29 is 9.47 Å². The van der Waals surface area contributed by atoms with Gasteiger partial charge >= 0.3 is 0 Å². The second-order valence-electron chi connectivity index (χ2n) is 6.05. The van der Waals surface area contributed by atoms with Crippen molar-refractivity contribution >= 4 is 0 Å². The Labute approximate surface area is 129 Å². The SMILES string of the molecule is CCCCCCCC1CCOC(c2ccc(CC)cc2)O1. The third kappa shape index (κ3) is 5.44. The van der Waals surface area contributed by atoms with E-state index in [0.717, 1.165) is 25.0 Å². The molecule has 1 saturated heterocycles. The lowest BCUT2D eigenvalue weighted by Gasteiger charge is -2.30. The number of unbranched alkanes of at least 4 members (excludes halogenated alkanes) is 4. The third-order valence-electron chi connectivity index (χ3n) is 4.31. The molecule has 0 bridgehead atoms. The molecule has 118 valence electrons. The smallest absolute Gasteiger partial charge is 0.184 e. The minimum absolute atomic E-state index is 0.162. The Kier molecular flexibility index (Phi) is 7.25. The number of hydrogen-bond acceptors (Lipinski definition) is 2. The van der Waals surface area contributed by atoms with Crippen LogP contribution in [0.5, 0.6) is 0 Å². The van der Waals surface area contributed by atoms with Crippen molar-refractivity contribution in [3.05, 3.63) is 35.4 Å². The summed E-state index contributed by atoms with van der Waals surface area (Å²) in [6.45, 7) is 5.26. The molecule has 0 saturated carbocycles. The molecule has 2 rings (SSSR count). The maximum Gasteiger partial charge on any atom is 0.184 e. The zero-order valence-corrected chi connectivity index (χ0v) is 13.6. The van der Waals surface area contributed by atoms with Crippen molar-refractivity contribution in [2.24, 2.45) is 0 Å². The van der Waals surface area contributed by atoms with Gasteiger partial charge in [0.2, 0.25) is 0 Å². The third-order valence-corrected chi connectivity index (χ3v) is 4.31. The minimum atomic E-state index is -0.162. The van der Waals surface area contributed by atoms with E-state index < -0.39 is 0 Å². The van der Waals surface area contributed by atoms with Crippen molar-refractivity contribution in [2.45, 2.75) is 77.6 Å². The van der Waals surface area contributed by atoms with Crippen LogP contribution < -0.4 is 0 Å². The number of ether oxygens (including phenoxy) is 2. The van der Waals surface area contributed by atoms with Crippen LogP contribution in [0.15, 0.2) is 24.3 Å². The number of benzene rings is 1. The molecule has 1 aliphatic rings. The molecular formula is C19H30O2. The topological polar surface area (TPSA) is 18.5 Å². The van der Waals surface area contributed by atoms with Gasteiger partial charge in [-0.25, -0.2) is 0 Å². The molecule has 0 aromatic heterocycles. The van der Waals surface area contributed by atoms with E-state index in [1.165, 1.54) is 44.1 Å². The van der Waals surface area contributed by atoms with E-state index in [1.807, 2.05) is 0 Å². The minimum Gasteiger partial charge on any atom is -0.348 e. The van der Waals surface area contributed by atoms with Crippen LogP contribution in [0, 0.1) is 0 Å². The normalized spacial score (nSPS) is 22.4. The Morgan fingerprint density at radius 2 is 1.76 bits per heavy atom. The monoisotopic (exact) mass is 290 g/mol. The van der Waals surface area contributed by atoms with Crippen LogP contribution in [0.25, 0.3) is 0 Å². The van der Waals surface area contributed by atoms with Crippen LogP contribution in [-0.4, -0.2) is 12.7 Å². The van der Waals surface area contributed by atoms with Crippen LogP contribution in [0.2, 0.25) is 0 Å². The van der Waals surface area contributed by atoms with Gasteiger partial charge in [0.15, 0.2) is 6.29 Å². The highest BCUT2D eigenvalue weighted by Gasteiger charge is 2.23. The molecule has 2 heteroatoms. The van der Waals surface area contributed by atoms with Crippen LogP contribution in [0.4, 0.5) is 0 Å². The first-order chi connectivity index (χ1) is 10.3. The van der Waals surface area contributed by atoms with E-state index >= 15 is 0 Å². The Morgan fingerprint density at radius 3 is 2.48 bits per heavy atom. The quantitative estimate of drug-likeness (QED) is 0.596. The summed E-state index contributed by atoms with van der Waals surface area (Å²) in [7, 11) is 0. The lowest BCUT2D eigenvalue weighted by Crippen LogP contribution is -2.27. The zero-order valence-electron chi connectivity index (χ0n) is 13.6. The summed E-state index contributed by atoms with van der Waals surface area (Å²) < 4.78 is 11.9. The molecule has 21 heavy (non-hydrogen) atoms. The number of aryl methyl sites for hydroxylation is 1. The maximum absolute atomic E-state index is 6.13. The summed E-state index contributed by atoms with van der Waals surface area (Å²) in [5.74, 6) is 0. The van der Waals surface area contributed by atoms with Gasteiger partial charge in [0.05, 0.1) is 12.7 Å². The summed E-state index contributed by atoms with van der Waals surface area (Å²) in [4.78, 5) is 0. The molecule has 0 spiro atoms. The Balaban J connectivity index is 1.77. The zero-order chi connectivity index (χ0) is 14.9. The van der Waals surface area contributed by atoms with Crippen molar-refractivity contribution in [2.75, 3.05) is 6.61 Å². The van der Waals surface area contributed by atoms with Crippen molar-refractivity contribution in [3.63, 3.8) is 0 Å². The Bertz CT molecular complexity index is 385. The molecule has 1 fully saturated rings. The molecule has 0 radical (unpaired) electrons. The molecule has 2 unspecified atom stereocenters. The lowest BCUT2D eigenvalue weighted by atomic mass is 10.0. The lowest BCUT2D eigenvalue weighted by molar-refractivity contribution is -0.218. The van der Waals surface area contributed by atoms with Gasteiger partial charge in [0.1, 0.15) is 0 Å². The van der Waals surface area contributed by atoms with E-state index in [-0.39, 0.29) is 6.29 Å². The molecular weight excluding hydrogens is 260 g/mol. The predicted octanol–water partition coefficient (Wildman–Crippen LogP) is 5.41.